The van der Waals surface area contributed by atoms with Crippen molar-refractivity contribution in [2.75, 3.05) is 13.9 Å². The van der Waals surface area contributed by atoms with E-state index in [1.807, 2.05) is 6.07 Å². The number of hydrogen-bond donors (Lipinski definition) is 0. The molecule has 4 aromatic rings. The van der Waals surface area contributed by atoms with Crippen molar-refractivity contribution in [3.63, 3.8) is 0 Å². The summed E-state index contributed by atoms with van der Waals surface area (Å²) in [7, 11) is -4.42. The zero-order valence-corrected chi connectivity index (χ0v) is 35.2. The molecule has 17 heteroatoms. The van der Waals surface area contributed by atoms with Crippen LogP contribution < -0.4 is 4.74 Å². The Morgan fingerprint density at radius 2 is 1.45 bits per heavy atom. The molecule has 0 radical (unpaired) electrons. The van der Waals surface area contributed by atoms with Crippen molar-refractivity contribution in [1.82, 2.24) is 4.31 Å². The molecular weight excluding hydrogens is 817 g/mol. The second-order valence-electron chi connectivity index (χ2n) is 15.0. The lowest BCUT2D eigenvalue weighted by Gasteiger charge is -2.37. The Hall–Kier alpha value is -4.81. The van der Waals surface area contributed by atoms with E-state index in [0.717, 1.165) is 27.6 Å². The fourth-order valence-electron chi connectivity index (χ4n) is 5.24. The highest BCUT2D eigenvalue weighted by Crippen LogP contribution is 2.48. The number of hydrogen-bond acceptors (Lipinski definition) is 11. The number of nitriles is 1. The van der Waals surface area contributed by atoms with Gasteiger partial charge in [0.2, 0.25) is 10.0 Å². The predicted octanol–water partition coefficient (Wildman–Crippen LogP) is 9.40. The van der Waals surface area contributed by atoms with Gasteiger partial charge in [0.25, 0.3) is 0 Å². The van der Waals surface area contributed by atoms with Gasteiger partial charge in [-0.15, -0.1) is 0 Å². The third-order valence-corrected chi connectivity index (χ3v) is 10.9. The molecule has 308 valence electrons. The summed E-state index contributed by atoms with van der Waals surface area (Å²) in [6, 6.07) is 25.2. The van der Waals surface area contributed by atoms with Gasteiger partial charge >= 0.3 is 32.5 Å². The molecule has 0 aromatic heterocycles. The van der Waals surface area contributed by atoms with Crippen LogP contribution in [-0.4, -0.2) is 44.5 Å². The first-order chi connectivity index (χ1) is 27.1. The molecule has 0 saturated heterocycles. The van der Waals surface area contributed by atoms with E-state index < -0.39 is 70.8 Å². The van der Waals surface area contributed by atoms with Crippen molar-refractivity contribution in [3.05, 3.63) is 118 Å². The number of esters is 2. The van der Waals surface area contributed by atoms with Crippen LogP contribution in [0.5, 0.6) is 5.75 Å². The van der Waals surface area contributed by atoms with Gasteiger partial charge in [0.1, 0.15) is 10.6 Å². The van der Waals surface area contributed by atoms with E-state index in [1.54, 1.807) is 48.5 Å². The number of carbonyl (C=O) groups excluding carboxylic acids is 2. The zero-order valence-electron chi connectivity index (χ0n) is 32.7. The van der Waals surface area contributed by atoms with E-state index in [-0.39, 0.29) is 29.3 Å². The van der Waals surface area contributed by atoms with Crippen LogP contribution in [0.3, 0.4) is 0 Å². The van der Waals surface area contributed by atoms with Gasteiger partial charge in [0, 0.05) is 18.7 Å². The fourth-order valence-corrected chi connectivity index (χ4v) is 7.44. The van der Waals surface area contributed by atoms with Gasteiger partial charge in [-0.1, -0.05) is 72.3 Å². The van der Waals surface area contributed by atoms with Crippen LogP contribution in [-0.2, 0) is 61.9 Å². The van der Waals surface area contributed by atoms with Gasteiger partial charge < -0.3 is 14.2 Å². The number of para-hydroxylation sites is 1. The Kier molecular flexibility index (Phi) is 14.6. The number of rotatable bonds is 16. The molecule has 0 bridgehead atoms. The van der Waals surface area contributed by atoms with Gasteiger partial charge in [-0.3, -0.25) is 14.3 Å². The summed E-state index contributed by atoms with van der Waals surface area (Å²) in [6.45, 7) is 6.82. The first kappa shape index (κ1) is 45.9. The lowest BCUT2D eigenvalue weighted by Crippen LogP contribution is -2.54. The van der Waals surface area contributed by atoms with Crippen LogP contribution in [0.2, 0.25) is 5.02 Å². The fraction of sp³-hybridized carbons (Fsp3) is 0.341. The summed E-state index contributed by atoms with van der Waals surface area (Å²) >= 11 is 6.51. The molecule has 0 N–H and O–H groups in total. The largest absolute Gasteiger partial charge is 0.495 e. The van der Waals surface area contributed by atoms with Gasteiger partial charge in [-0.25, -0.2) is 17.5 Å². The highest BCUT2D eigenvalue weighted by Gasteiger charge is 2.64. The van der Waals surface area contributed by atoms with Crippen LogP contribution in [0.25, 0.3) is 11.1 Å². The Morgan fingerprint density at radius 3 is 2.03 bits per heavy atom. The number of alkyl halides is 2. The zero-order chi connectivity index (χ0) is 43.1. The maximum absolute atomic E-state index is 16.8. The highest BCUT2D eigenvalue weighted by molar-refractivity contribution is 7.89. The van der Waals surface area contributed by atoms with Gasteiger partial charge in [-0.2, -0.15) is 18.3 Å². The van der Waals surface area contributed by atoms with Gasteiger partial charge in [0.15, 0.2) is 6.79 Å². The molecule has 58 heavy (non-hydrogen) atoms. The first-order valence-electron chi connectivity index (χ1n) is 17.5. The van der Waals surface area contributed by atoms with Crippen molar-refractivity contribution in [2.45, 2.75) is 71.4 Å². The molecule has 0 aliphatic carbocycles. The highest BCUT2D eigenvalue weighted by atomic mass is 35.5. The number of carbonyl (C=O) groups is 2. The van der Waals surface area contributed by atoms with Crippen molar-refractivity contribution in [2.24, 2.45) is 10.8 Å². The Bertz CT molecular complexity index is 2290. The summed E-state index contributed by atoms with van der Waals surface area (Å²) in [5.74, 6) is -10.4. The molecule has 0 fully saturated rings. The van der Waals surface area contributed by atoms with Crippen molar-refractivity contribution >= 4 is 42.2 Å². The third kappa shape index (κ3) is 10.6. The smallest absolute Gasteiger partial charge is 0.414 e. The Balaban J connectivity index is 1.75. The number of methoxy groups -OCH3 is 1. The quantitative estimate of drug-likeness (QED) is 0.0600. The molecule has 0 heterocycles. The third-order valence-electron chi connectivity index (χ3n) is 8.49. The minimum atomic E-state index is -4.53. The van der Waals surface area contributed by atoms with E-state index in [4.69, 9.17) is 35.1 Å². The lowest BCUT2D eigenvalue weighted by atomic mass is 9.97. The molecule has 0 saturated carbocycles. The topological polar surface area (TPSA) is 159 Å². The summed E-state index contributed by atoms with van der Waals surface area (Å²) in [6.07, 6.45) is 0. The first-order valence-corrected chi connectivity index (χ1v) is 20.1. The number of halogens is 3. The number of sulfonamides is 1. The average molecular weight is 859 g/mol. The number of ether oxygens (including phenoxy) is 4. The van der Waals surface area contributed by atoms with Gasteiger partial charge in [-0.05, 0) is 94.1 Å². The molecule has 0 spiro atoms. The Morgan fingerprint density at radius 1 is 0.828 bits per heavy atom. The van der Waals surface area contributed by atoms with E-state index in [2.05, 4.69) is 6.07 Å². The summed E-state index contributed by atoms with van der Waals surface area (Å²) in [4.78, 5) is 25.3. The SMILES string of the molecule is COc1ccccc1S(=O)(=O)N(Cc1ccc(-c2cccc(C#N)c2)cc1)Cc1ccc(C(F)(F)C(OCOC(=O)C(C)(C)C)(OP=O)OC(=O)C(C)(C)C)c(Cl)c1. The van der Waals surface area contributed by atoms with Crippen LogP contribution in [0.4, 0.5) is 8.78 Å². The Labute approximate surface area is 342 Å². The molecule has 0 aliphatic heterocycles. The van der Waals surface area contributed by atoms with E-state index in [0.29, 0.717) is 11.1 Å². The van der Waals surface area contributed by atoms with E-state index >= 15 is 8.78 Å². The number of nitrogens with zero attached hydrogens (tertiary/aromatic N) is 2. The molecule has 4 rings (SSSR count). The maximum Gasteiger partial charge on any atom is 0.414 e. The van der Waals surface area contributed by atoms with Crippen molar-refractivity contribution < 1.29 is 54.8 Å². The van der Waals surface area contributed by atoms with E-state index in [9.17, 15) is 27.8 Å². The van der Waals surface area contributed by atoms with Crippen molar-refractivity contribution in [1.29, 1.82) is 5.26 Å². The van der Waals surface area contributed by atoms with Crippen molar-refractivity contribution in [3.8, 4) is 22.9 Å². The molecule has 12 nitrogen and oxygen atoms in total. The van der Waals surface area contributed by atoms with Crippen LogP contribution in [0.1, 0.15) is 63.8 Å². The summed E-state index contributed by atoms with van der Waals surface area (Å²) < 4.78 is 100. The maximum atomic E-state index is 16.8. The molecule has 4 aromatic carbocycles. The number of benzene rings is 4. The molecule has 1 atom stereocenters. The molecule has 1 unspecified atom stereocenters. The van der Waals surface area contributed by atoms with Crippen LogP contribution in [0.15, 0.2) is 95.9 Å². The molecule has 0 aliphatic rings. The summed E-state index contributed by atoms with van der Waals surface area (Å²) in [5, 5.41) is 8.68. The monoisotopic (exact) mass is 858 g/mol. The lowest BCUT2D eigenvalue weighted by molar-refractivity contribution is -0.425. The minimum absolute atomic E-state index is 0.0697. The average Bonchev–Trinajstić information content (AvgIpc) is 3.17. The second kappa shape index (κ2) is 18.4. The minimum Gasteiger partial charge on any atom is -0.495 e. The predicted molar refractivity (Wildman–Crippen MR) is 210 cm³/mol. The standard InChI is InChI=1S/C41H42ClF2N2O10PS/c1-38(2,3)36(47)53-26-54-41(56-57-49,55-37(48)39(4,5)6)40(43,44)32-20-17-29(22-33(32)42)25-46(58(50,51)35-14-9-8-13-34(35)52-7)24-27-15-18-30(19-16-27)31-12-10-11-28(21-31)23-45/h8-22H,24-26H2,1-7H3. The van der Waals surface area contributed by atoms with Crippen LogP contribution in [0, 0.1) is 22.2 Å². The summed E-state index contributed by atoms with van der Waals surface area (Å²) in [5.41, 5.74) is -0.738. The van der Waals surface area contributed by atoms with Crippen LogP contribution >= 0.6 is 20.3 Å². The molecule has 0 amide bonds. The molecular formula is C41H42ClF2N2O10PS. The van der Waals surface area contributed by atoms with Gasteiger partial charge in [0.05, 0.1) is 34.6 Å². The second-order valence-corrected chi connectivity index (χ2v) is 17.7. The normalized spacial score (nSPS) is 13.4. The van der Waals surface area contributed by atoms with E-state index in [1.165, 1.54) is 72.9 Å².